The fourth-order valence-corrected chi connectivity index (χ4v) is 1.27. The quantitative estimate of drug-likeness (QED) is 0.696. The SMILES string of the molecule is Cc1nncn1-c1ccc(Cl)cc1. The van der Waals surface area contributed by atoms with Crippen LogP contribution in [0.5, 0.6) is 0 Å². The number of hydrogen-bond acceptors (Lipinski definition) is 2. The highest BCUT2D eigenvalue weighted by atomic mass is 35.5. The Hall–Kier alpha value is -1.35. The lowest BCUT2D eigenvalue weighted by atomic mass is 10.3. The Morgan fingerprint density at radius 3 is 2.46 bits per heavy atom. The van der Waals surface area contributed by atoms with Crippen molar-refractivity contribution in [2.24, 2.45) is 0 Å². The fourth-order valence-electron chi connectivity index (χ4n) is 1.15. The number of hydrogen-bond donors (Lipinski definition) is 0. The normalized spacial score (nSPS) is 10.3. The van der Waals surface area contributed by atoms with Crippen molar-refractivity contribution in [3.63, 3.8) is 0 Å². The first-order chi connectivity index (χ1) is 6.27. The number of rotatable bonds is 1. The molecule has 0 spiro atoms. The summed E-state index contributed by atoms with van der Waals surface area (Å²) in [5.74, 6) is 0.863. The lowest BCUT2D eigenvalue weighted by Crippen LogP contribution is -1.94. The van der Waals surface area contributed by atoms with E-state index in [4.69, 9.17) is 11.6 Å². The zero-order chi connectivity index (χ0) is 9.26. The van der Waals surface area contributed by atoms with Crippen molar-refractivity contribution in [3.05, 3.63) is 41.4 Å². The zero-order valence-corrected chi connectivity index (χ0v) is 7.86. The van der Waals surface area contributed by atoms with Crippen LogP contribution in [0.15, 0.2) is 30.6 Å². The maximum atomic E-state index is 5.77. The van der Waals surface area contributed by atoms with Crippen LogP contribution in [0, 0.1) is 6.92 Å². The molecular weight excluding hydrogens is 186 g/mol. The average Bonchev–Trinajstić information content (AvgIpc) is 2.53. The van der Waals surface area contributed by atoms with Gasteiger partial charge in [0.25, 0.3) is 0 Å². The van der Waals surface area contributed by atoms with Crippen LogP contribution in [0.4, 0.5) is 0 Å². The molecule has 0 aliphatic rings. The van der Waals surface area contributed by atoms with Gasteiger partial charge in [-0.15, -0.1) is 10.2 Å². The average molecular weight is 194 g/mol. The molecule has 0 unspecified atom stereocenters. The standard InChI is InChI=1S/C9H8ClN3/c1-7-12-11-6-13(7)9-4-2-8(10)3-5-9/h2-6H,1H3. The van der Waals surface area contributed by atoms with Crippen LogP contribution in [0.1, 0.15) is 5.82 Å². The first-order valence-electron chi connectivity index (χ1n) is 3.90. The van der Waals surface area contributed by atoms with Crippen molar-refractivity contribution >= 4 is 11.6 Å². The number of nitrogens with zero attached hydrogens (tertiary/aromatic N) is 3. The zero-order valence-electron chi connectivity index (χ0n) is 7.11. The molecule has 66 valence electrons. The summed E-state index contributed by atoms with van der Waals surface area (Å²) in [6.45, 7) is 1.90. The number of benzene rings is 1. The summed E-state index contributed by atoms with van der Waals surface area (Å²) in [7, 11) is 0. The van der Waals surface area contributed by atoms with E-state index in [2.05, 4.69) is 10.2 Å². The van der Waals surface area contributed by atoms with E-state index < -0.39 is 0 Å². The molecule has 0 saturated heterocycles. The second kappa shape index (κ2) is 3.18. The third kappa shape index (κ3) is 1.55. The van der Waals surface area contributed by atoms with E-state index >= 15 is 0 Å². The van der Waals surface area contributed by atoms with Gasteiger partial charge in [-0.1, -0.05) is 11.6 Å². The van der Waals surface area contributed by atoms with E-state index in [1.807, 2.05) is 35.8 Å². The molecule has 4 heteroatoms. The largest absolute Gasteiger partial charge is 0.286 e. The fraction of sp³-hybridized carbons (Fsp3) is 0.111. The van der Waals surface area contributed by atoms with Gasteiger partial charge in [0.1, 0.15) is 12.2 Å². The van der Waals surface area contributed by atoms with Crippen molar-refractivity contribution < 1.29 is 0 Å². The molecular formula is C9H8ClN3. The Balaban J connectivity index is 2.47. The van der Waals surface area contributed by atoms with Gasteiger partial charge in [0.15, 0.2) is 0 Å². The summed E-state index contributed by atoms with van der Waals surface area (Å²) in [5.41, 5.74) is 1.02. The maximum absolute atomic E-state index is 5.77. The minimum absolute atomic E-state index is 0.731. The number of halogens is 1. The smallest absolute Gasteiger partial charge is 0.134 e. The van der Waals surface area contributed by atoms with Crippen molar-refractivity contribution in [1.82, 2.24) is 14.8 Å². The van der Waals surface area contributed by atoms with Gasteiger partial charge in [0, 0.05) is 10.7 Å². The minimum Gasteiger partial charge on any atom is -0.286 e. The molecule has 1 heterocycles. The van der Waals surface area contributed by atoms with E-state index in [9.17, 15) is 0 Å². The van der Waals surface area contributed by atoms with Crippen LogP contribution >= 0.6 is 11.6 Å². The van der Waals surface area contributed by atoms with Gasteiger partial charge in [0.2, 0.25) is 0 Å². The molecule has 0 amide bonds. The summed E-state index contributed by atoms with van der Waals surface area (Å²) in [6.07, 6.45) is 1.68. The monoisotopic (exact) mass is 193 g/mol. The highest BCUT2D eigenvalue weighted by Gasteiger charge is 1.99. The first-order valence-corrected chi connectivity index (χ1v) is 4.28. The van der Waals surface area contributed by atoms with Gasteiger partial charge in [-0.05, 0) is 31.2 Å². The third-order valence-electron chi connectivity index (χ3n) is 1.82. The number of aromatic nitrogens is 3. The Labute approximate surface area is 81.0 Å². The van der Waals surface area contributed by atoms with E-state index in [1.54, 1.807) is 6.33 Å². The van der Waals surface area contributed by atoms with Crippen LogP contribution < -0.4 is 0 Å². The predicted octanol–water partition coefficient (Wildman–Crippen LogP) is 2.23. The summed E-state index contributed by atoms with van der Waals surface area (Å²) >= 11 is 5.77. The van der Waals surface area contributed by atoms with Crippen LogP contribution in [0.3, 0.4) is 0 Å². The van der Waals surface area contributed by atoms with E-state index in [0.29, 0.717) is 0 Å². The van der Waals surface area contributed by atoms with Crippen LogP contribution in [0.25, 0.3) is 5.69 Å². The maximum Gasteiger partial charge on any atom is 0.134 e. The molecule has 0 bridgehead atoms. The molecule has 2 aromatic rings. The summed E-state index contributed by atoms with van der Waals surface area (Å²) in [6, 6.07) is 7.55. The van der Waals surface area contributed by atoms with Crippen molar-refractivity contribution in [2.45, 2.75) is 6.92 Å². The van der Waals surface area contributed by atoms with Crippen LogP contribution in [-0.4, -0.2) is 14.8 Å². The Kier molecular flexibility index (Phi) is 2.02. The molecule has 1 aromatic carbocycles. The van der Waals surface area contributed by atoms with Crippen molar-refractivity contribution in [1.29, 1.82) is 0 Å². The molecule has 0 radical (unpaired) electrons. The molecule has 0 N–H and O–H groups in total. The van der Waals surface area contributed by atoms with Crippen LogP contribution in [-0.2, 0) is 0 Å². The Bertz CT molecular complexity index is 405. The number of aryl methyl sites for hydroxylation is 1. The molecule has 0 aliphatic heterocycles. The lowest BCUT2D eigenvalue weighted by Gasteiger charge is -2.02. The van der Waals surface area contributed by atoms with Gasteiger partial charge in [-0.2, -0.15) is 0 Å². The first kappa shape index (κ1) is 8.26. The molecule has 3 nitrogen and oxygen atoms in total. The van der Waals surface area contributed by atoms with Crippen LogP contribution in [0.2, 0.25) is 5.02 Å². The predicted molar refractivity (Wildman–Crippen MR) is 51.1 cm³/mol. The second-order valence-corrected chi connectivity index (χ2v) is 3.16. The molecule has 0 aliphatic carbocycles. The topological polar surface area (TPSA) is 30.7 Å². The summed E-state index contributed by atoms with van der Waals surface area (Å²) in [5, 5.41) is 8.43. The van der Waals surface area contributed by atoms with E-state index in [1.165, 1.54) is 0 Å². The van der Waals surface area contributed by atoms with Gasteiger partial charge in [0.05, 0.1) is 0 Å². The summed E-state index contributed by atoms with van der Waals surface area (Å²) in [4.78, 5) is 0. The van der Waals surface area contributed by atoms with Gasteiger partial charge >= 0.3 is 0 Å². The highest BCUT2D eigenvalue weighted by Crippen LogP contribution is 2.13. The molecule has 0 fully saturated rings. The van der Waals surface area contributed by atoms with E-state index in [-0.39, 0.29) is 0 Å². The van der Waals surface area contributed by atoms with Crippen molar-refractivity contribution in [2.75, 3.05) is 0 Å². The minimum atomic E-state index is 0.731. The van der Waals surface area contributed by atoms with E-state index in [0.717, 1.165) is 16.5 Å². The molecule has 13 heavy (non-hydrogen) atoms. The van der Waals surface area contributed by atoms with Gasteiger partial charge in [-0.3, -0.25) is 4.57 Å². The second-order valence-electron chi connectivity index (χ2n) is 2.72. The van der Waals surface area contributed by atoms with Gasteiger partial charge < -0.3 is 0 Å². The lowest BCUT2D eigenvalue weighted by molar-refractivity contribution is 0.969. The van der Waals surface area contributed by atoms with Gasteiger partial charge in [-0.25, -0.2) is 0 Å². The summed E-state index contributed by atoms with van der Waals surface area (Å²) < 4.78 is 1.90. The highest BCUT2D eigenvalue weighted by molar-refractivity contribution is 6.30. The third-order valence-corrected chi connectivity index (χ3v) is 2.07. The molecule has 0 atom stereocenters. The molecule has 1 aromatic heterocycles. The van der Waals surface area contributed by atoms with Crippen molar-refractivity contribution in [3.8, 4) is 5.69 Å². The Morgan fingerprint density at radius 1 is 1.23 bits per heavy atom. The molecule has 0 saturated carbocycles. The Morgan fingerprint density at radius 2 is 1.92 bits per heavy atom. The molecule has 2 rings (SSSR count).